The number of halogens is 1. The van der Waals surface area contributed by atoms with Gasteiger partial charge in [0.2, 0.25) is 0 Å². The Labute approximate surface area is 110 Å². The molecule has 0 aliphatic carbocycles. The molecule has 3 nitrogen and oxygen atoms in total. The summed E-state index contributed by atoms with van der Waals surface area (Å²) in [7, 11) is 0. The van der Waals surface area contributed by atoms with E-state index in [2.05, 4.69) is 58.4 Å². The van der Waals surface area contributed by atoms with Crippen molar-refractivity contribution >= 4 is 21.6 Å². The molecule has 0 spiro atoms. The van der Waals surface area contributed by atoms with Crippen molar-refractivity contribution in [3.8, 4) is 0 Å². The molecule has 0 aliphatic heterocycles. The molecule has 0 saturated carbocycles. The first-order valence-electron chi connectivity index (χ1n) is 5.71. The van der Waals surface area contributed by atoms with Crippen LogP contribution >= 0.6 is 15.9 Å². The fourth-order valence-electron chi connectivity index (χ4n) is 1.69. The lowest BCUT2D eigenvalue weighted by molar-refractivity contribution is 0.627. The molecule has 2 rings (SSSR count). The Hall–Kier alpha value is -1.29. The second-order valence-electron chi connectivity index (χ2n) is 3.96. The van der Waals surface area contributed by atoms with Gasteiger partial charge in [-0.25, -0.2) is 0 Å². The Morgan fingerprint density at radius 2 is 2.18 bits per heavy atom. The van der Waals surface area contributed by atoms with Gasteiger partial charge in [0.25, 0.3) is 0 Å². The van der Waals surface area contributed by atoms with E-state index in [1.807, 2.05) is 16.9 Å². The van der Waals surface area contributed by atoms with E-state index in [0.717, 1.165) is 23.2 Å². The molecule has 0 fully saturated rings. The Bertz CT molecular complexity index is 505. The number of aryl methyl sites for hydroxylation is 2. The minimum absolute atomic E-state index is 0.795. The number of rotatable bonds is 4. The topological polar surface area (TPSA) is 29.9 Å². The number of aromatic nitrogens is 2. The highest BCUT2D eigenvalue weighted by Gasteiger charge is 2.01. The smallest absolute Gasteiger partial charge is 0.0575 e. The van der Waals surface area contributed by atoms with Crippen LogP contribution in [-0.4, -0.2) is 9.78 Å². The van der Waals surface area contributed by atoms with Crippen LogP contribution in [0.3, 0.4) is 0 Å². The van der Waals surface area contributed by atoms with E-state index in [0.29, 0.717) is 0 Å². The van der Waals surface area contributed by atoms with Crippen LogP contribution in [0.5, 0.6) is 0 Å². The molecule has 0 unspecified atom stereocenters. The minimum Gasteiger partial charge on any atom is -0.379 e. The Morgan fingerprint density at radius 1 is 1.35 bits per heavy atom. The van der Waals surface area contributed by atoms with E-state index in [9.17, 15) is 0 Å². The van der Waals surface area contributed by atoms with E-state index in [-0.39, 0.29) is 0 Å². The van der Waals surface area contributed by atoms with Crippen LogP contribution in [0, 0.1) is 6.92 Å². The average Bonchev–Trinajstić information content (AvgIpc) is 2.78. The zero-order valence-electron chi connectivity index (χ0n) is 10.1. The van der Waals surface area contributed by atoms with Gasteiger partial charge >= 0.3 is 0 Å². The van der Waals surface area contributed by atoms with Gasteiger partial charge in [0.15, 0.2) is 0 Å². The van der Waals surface area contributed by atoms with E-state index in [1.54, 1.807) is 0 Å². The fraction of sp³-hybridized carbons (Fsp3) is 0.308. The summed E-state index contributed by atoms with van der Waals surface area (Å²) in [5, 5.41) is 7.65. The predicted molar refractivity (Wildman–Crippen MR) is 74.1 cm³/mol. The molecule has 1 aromatic carbocycles. The summed E-state index contributed by atoms with van der Waals surface area (Å²) < 4.78 is 3.13. The maximum absolute atomic E-state index is 4.25. The molecule has 0 radical (unpaired) electrons. The largest absolute Gasteiger partial charge is 0.379 e. The quantitative estimate of drug-likeness (QED) is 0.934. The van der Waals surface area contributed by atoms with Crippen molar-refractivity contribution in [1.29, 1.82) is 0 Å². The first kappa shape index (κ1) is 12.2. The molecule has 1 heterocycles. The summed E-state index contributed by atoms with van der Waals surface area (Å²) in [6.45, 7) is 5.88. The molecule has 1 aromatic heterocycles. The average molecular weight is 294 g/mol. The second-order valence-corrected chi connectivity index (χ2v) is 4.81. The van der Waals surface area contributed by atoms with Crippen molar-refractivity contribution in [2.45, 2.75) is 26.9 Å². The van der Waals surface area contributed by atoms with Gasteiger partial charge in [0.1, 0.15) is 0 Å². The van der Waals surface area contributed by atoms with Gasteiger partial charge in [-0.1, -0.05) is 22.0 Å². The van der Waals surface area contributed by atoms with Crippen molar-refractivity contribution in [2.75, 3.05) is 5.32 Å². The minimum atomic E-state index is 0.795. The fourth-order valence-corrected chi connectivity index (χ4v) is 2.07. The monoisotopic (exact) mass is 293 g/mol. The molecule has 0 saturated heterocycles. The zero-order valence-corrected chi connectivity index (χ0v) is 11.7. The predicted octanol–water partition coefficient (Wildman–Crippen LogP) is 3.59. The van der Waals surface area contributed by atoms with Gasteiger partial charge < -0.3 is 5.32 Å². The summed E-state index contributed by atoms with van der Waals surface area (Å²) in [4.78, 5) is 0. The summed E-state index contributed by atoms with van der Waals surface area (Å²) >= 11 is 3.54. The van der Waals surface area contributed by atoms with Gasteiger partial charge in [-0.15, -0.1) is 0 Å². The van der Waals surface area contributed by atoms with Crippen molar-refractivity contribution < 1.29 is 0 Å². The van der Waals surface area contributed by atoms with Crippen molar-refractivity contribution in [3.63, 3.8) is 0 Å². The molecular formula is C13H16BrN3. The lowest BCUT2D eigenvalue weighted by atomic mass is 10.2. The van der Waals surface area contributed by atoms with Crippen LogP contribution < -0.4 is 5.32 Å². The van der Waals surface area contributed by atoms with Crippen LogP contribution in [0.25, 0.3) is 0 Å². The first-order valence-corrected chi connectivity index (χ1v) is 6.50. The Kier molecular flexibility index (Phi) is 3.84. The molecule has 1 N–H and O–H groups in total. The number of hydrogen-bond donors (Lipinski definition) is 1. The molecule has 0 atom stereocenters. The normalized spacial score (nSPS) is 10.5. The molecular weight excluding hydrogens is 278 g/mol. The number of nitrogens with zero attached hydrogens (tertiary/aromatic N) is 2. The second kappa shape index (κ2) is 5.36. The Morgan fingerprint density at radius 3 is 2.88 bits per heavy atom. The number of nitrogens with one attached hydrogen (secondary N) is 1. The molecule has 17 heavy (non-hydrogen) atoms. The van der Waals surface area contributed by atoms with Gasteiger partial charge in [-0.05, 0) is 37.6 Å². The van der Waals surface area contributed by atoms with Crippen molar-refractivity contribution in [1.82, 2.24) is 9.78 Å². The molecule has 0 aliphatic rings. The third-order valence-corrected chi connectivity index (χ3v) is 3.60. The Balaban J connectivity index is 2.05. The third-order valence-electron chi connectivity index (χ3n) is 2.75. The summed E-state index contributed by atoms with van der Waals surface area (Å²) in [5.41, 5.74) is 3.56. The van der Waals surface area contributed by atoms with E-state index >= 15 is 0 Å². The van der Waals surface area contributed by atoms with Crippen molar-refractivity contribution in [3.05, 3.63) is 46.2 Å². The lowest BCUT2D eigenvalue weighted by Gasteiger charge is -2.09. The summed E-state index contributed by atoms with van der Waals surface area (Å²) in [6.07, 6.45) is 1.84. The molecule has 0 amide bonds. The highest BCUT2D eigenvalue weighted by Crippen LogP contribution is 2.20. The molecule has 90 valence electrons. The van der Waals surface area contributed by atoms with Crippen LogP contribution in [0.1, 0.15) is 18.2 Å². The maximum Gasteiger partial charge on any atom is 0.0575 e. The van der Waals surface area contributed by atoms with Crippen LogP contribution in [0.2, 0.25) is 0 Å². The van der Waals surface area contributed by atoms with Gasteiger partial charge in [-0.2, -0.15) is 5.10 Å². The number of anilines is 1. The molecule has 0 bridgehead atoms. The van der Waals surface area contributed by atoms with Gasteiger partial charge in [0.05, 0.1) is 12.2 Å². The third kappa shape index (κ3) is 2.88. The summed E-state index contributed by atoms with van der Waals surface area (Å²) in [5.74, 6) is 0. The van der Waals surface area contributed by atoms with E-state index < -0.39 is 0 Å². The van der Waals surface area contributed by atoms with E-state index in [1.165, 1.54) is 11.3 Å². The van der Waals surface area contributed by atoms with Gasteiger partial charge in [-0.3, -0.25) is 4.68 Å². The van der Waals surface area contributed by atoms with Crippen LogP contribution in [-0.2, 0) is 13.1 Å². The number of benzene rings is 1. The zero-order chi connectivity index (χ0) is 12.3. The van der Waals surface area contributed by atoms with Gasteiger partial charge in [0, 0.05) is 22.9 Å². The lowest BCUT2D eigenvalue weighted by Crippen LogP contribution is -2.07. The molecule has 2 aromatic rings. The highest BCUT2D eigenvalue weighted by atomic mass is 79.9. The summed E-state index contributed by atoms with van der Waals surface area (Å²) in [6, 6.07) is 8.33. The number of hydrogen-bond acceptors (Lipinski definition) is 2. The van der Waals surface area contributed by atoms with E-state index in [4.69, 9.17) is 0 Å². The highest BCUT2D eigenvalue weighted by molar-refractivity contribution is 9.10. The standard InChI is InChI=1S/C13H16BrN3/c1-3-17-12(6-7-16-17)9-15-11-5-4-10(2)13(14)8-11/h4-8,15H,3,9H2,1-2H3. The van der Waals surface area contributed by atoms with Crippen molar-refractivity contribution in [2.24, 2.45) is 0 Å². The SMILES string of the molecule is CCn1nccc1CNc1ccc(C)c(Br)c1. The first-order chi connectivity index (χ1) is 8.20. The van der Waals surface area contributed by atoms with Crippen LogP contribution in [0.15, 0.2) is 34.9 Å². The van der Waals surface area contributed by atoms with Crippen LogP contribution in [0.4, 0.5) is 5.69 Å². The maximum atomic E-state index is 4.25. The molecule has 4 heteroatoms.